The normalized spacial score (nSPS) is 29.9. The Hall–Kier alpha value is -0.990. The summed E-state index contributed by atoms with van der Waals surface area (Å²) < 4.78 is 80.0. The fraction of sp³-hybridized carbons (Fsp3) is 0.938. The van der Waals surface area contributed by atoms with Crippen molar-refractivity contribution in [3.63, 3.8) is 0 Å². The zero-order valence-corrected chi connectivity index (χ0v) is 13.8. The number of hydrogen-bond acceptors (Lipinski definition) is 3. The molecule has 2 fully saturated rings. The Bertz CT molecular complexity index is 473. The van der Waals surface area contributed by atoms with E-state index < -0.39 is 43.4 Å². The number of alkyl halides is 6. The average molecular weight is 376 g/mol. The molecule has 0 saturated heterocycles. The van der Waals surface area contributed by atoms with Gasteiger partial charge in [0.05, 0.1) is 12.5 Å². The Morgan fingerprint density at radius 1 is 1.04 bits per heavy atom. The highest BCUT2D eigenvalue weighted by Crippen LogP contribution is 2.53. The van der Waals surface area contributed by atoms with Crippen LogP contribution in [0.15, 0.2) is 0 Å². The van der Waals surface area contributed by atoms with Gasteiger partial charge in [-0.25, -0.2) is 0 Å². The molecule has 0 aliphatic heterocycles. The molecule has 3 nitrogen and oxygen atoms in total. The summed E-state index contributed by atoms with van der Waals surface area (Å²) >= 11 is 0. The van der Waals surface area contributed by atoms with E-state index in [9.17, 15) is 31.1 Å². The van der Waals surface area contributed by atoms with Crippen molar-refractivity contribution in [3.8, 4) is 0 Å². The molecule has 1 N–H and O–H groups in total. The first-order valence-electron chi connectivity index (χ1n) is 8.43. The third-order valence-corrected chi connectivity index (χ3v) is 5.70. The van der Waals surface area contributed by atoms with Crippen molar-refractivity contribution in [1.82, 2.24) is 0 Å². The summed E-state index contributed by atoms with van der Waals surface area (Å²) in [5, 5.41) is 9.01. The third-order valence-electron chi connectivity index (χ3n) is 5.70. The van der Waals surface area contributed by atoms with Gasteiger partial charge in [0.2, 0.25) is 0 Å². The molecule has 0 spiro atoms. The Morgan fingerprint density at radius 3 is 2.08 bits per heavy atom. The lowest BCUT2D eigenvalue weighted by molar-refractivity contribution is -0.370. The van der Waals surface area contributed by atoms with Crippen molar-refractivity contribution in [3.05, 3.63) is 0 Å². The van der Waals surface area contributed by atoms with Crippen LogP contribution in [0.5, 0.6) is 0 Å². The fourth-order valence-electron chi connectivity index (χ4n) is 4.24. The second-order valence-electron chi connectivity index (χ2n) is 7.13. The second kappa shape index (κ2) is 6.96. The second-order valence-corrected chi connectivity index (χ2v) is 7.13. The van der Waals surface area contributed by atoms with Gasteiger partial charge in [-0.05, 0) is 49.9 Å². The average Bonchev–Trinajstić information content (AvgIpc) is 3.08. The van der Waals surface area contributed by atoms with Crippen molar-refractivity contribution in [2.24, 2.45) is 23.7 Å². The molecule has 2 saturated carbocycles. The molecular formula is C16H22F6O3. The van der Waals surface area contributed by atoms with Crippen molar-refractivity contribution in [2.45, 2.75) is 63.4 Å². The SMILES string of the molecule is CC[C@@H]1CC2CC1CC2C(=O)OCCCC(O)(C(F)(F)F)C(F)(F)F. The molecule has 0 aromatic rings. The van der Waals surface area contributed by atoms with Gasteiger partial charge in [0, 0.05) is 0 Å². The lowest BCUT2D eigenvalue weighted by Gasteiger charge is -2.32. The predicted molar refractivity (Wildman–Crippen MR) is 75.4 cm³/mol. The van der Waals surface area contributed by atoms with Crippen molar-refractivity contribution in [1.29, 1.82) is 0 Å². The van der Waals surface area contributed by atoms with Crippen LogP contribution >= 0.6 is 0 Å². The van der Waals surface area contributed by atoms with Gasteiger partial charge in [0.1, 0.15) is 0 Å². The molecule has 2 rings (SSSR count). The number of halogens is 6. The van der Waals surface area contributed by atoms with Gasteiger partial charge >= 0.3 is 18.3 Å². The largest absolute Gasteiger partial charge is 0.465 e. The predicted octanol–water partition coefficient (Wildman–Crippen LogP) is 4.24. The van der Waals surface area contributed by atoms with Crippen LogP contribution in [0.3, 0.4) is 0 Å². The first-order valence-corrected chi connectivity index (χ1v) is 8.43. The summed E-state index contributed by atoms with van der Waals surface area (Å²) in [5.41, 5.74) is -4.78. The van der Waals surface area contributed by atoms with E-state index in [0.29, 0.717) is 18.3 Å². The van der Waals surface area contributed by atoms with E-state index in [2.05, 4.69) is 6.92 Å². The molecule has 0 radical (unpaired) electrons. The van der Waals surface area contributed by atoms with E-state index in [-0.39, 0.29) is 11.8 Å². The summed E-state index contributed by atoms with van der Waals surface area (Å²) in [7, 11) is 0. The maximum absolute atomic E-state index is 12.5. The van der Waals surface area contributed by atoms with Crippen molar-refractivity contribution < 1.29 is 41.0 Å². The minimum Gasteiger partial charge on any atom is -0.465 e. The summed E-state index contributed by atoms with van der Waals surface area (Å²) in [5.74, 6) is 0.377. The third kappa shape index (κ3) is 3.90. The Kier molecular flexibility index (Phi) is 5.66. The van der Waals surface area contributed by atoms with Crippen molar-refractivity contribution in [2.75, 3.05) is 6.61 Å². The minimum atomic E-state index is -5.84. The van der Waals surface area contributed by atoms with E-state index >= 15 is 0 Å². The van der Waals surface area contributed by atoms with Crippen LogP contribution in [0, 0.1) is 23.7 Å². The highest BCUT2D eigenvalue weighted by atomic mass is 19.4. The number of rotatable bonds is 6. The number of fused-ring (bicyclic) bond motifs is 2. The van der Waals surface area contributed by atoms with Crippen LogP contribution in [0.1, 0.15) is 45.4 Å². The molecule has 0 aromatic carbocycles. The molecule has 0 aromatic heterocycles. The lowest BCUT2D eigenvalue weighted by atomic mass is 9.81. The number of ether oxygens (including phenoxy) is 1. The van der Waals surface area contributed by atoms with E-state index in [0.717, 1.165) is 19.3 Å². The maximum atomic E-state index is 12.5. The van der Waals surface area contributed by atoms with Crippen LogP contribution in [-0.4, -0.2) is 35.6 Å². The number of hydrogen-bond donors (Lipinski definition) is 1. The molecule has 25 heavy (non-hydrogen) atoms. The molecule has 0 amide bonds. The minimum absolute atomic E-state index is 0.199. The summed E-state index contributed by atoms with van der Waals surface area (Å²) in [6.45, 7) is 1.51. The van der Waals surface area contributed by atoms with E-state index in [4.69, 9.17) is 9.84 Å². The summed E-state index contributed by atoms with van der Waals surface area (Å²) in [6.07, 6.45) is -10.4. The smallest absolute Gasteiger partial charge is 0.426 e. The molecule has 3 unspecified atom stereocenters. The van der Waals surface area contributed by atoms with Crippen LogP contribution < -0.4 is 0 Å². The van der Waals surface area contributed by atoms with Crippen molar-refractivity contribution >= 4 is 5.97 Å². The van der Waals surface area contributed by atoms with Crippen LogP contribution in [0.2, 0.25) is 0 Å². The highest BCUT2D eigenvalue weighted by molar-refractivity contribution is 5.73. The van der Waals surface area contributed by atoms with Gasteiger partial charge in [0.25, 0.3) is 5.60 Å². The molecular weight excluding hydrogens is 354 g/mol. The van der Waals surface area contributed by atoms with Crippen LogP contribution in [0.25, 0.3) is 0 Å². The molecule has 4 atom stereocenters. The van der Waals surface area contributed by atoms with Gasteiger partial charge in [-0.15, -0.1) is 0 Å². The highest BCUT2D eigenvalue weighted by Gasteiger charge is 2.69. The number of carbonyl (C=O) groups excluding carboxylic acids is 1. The Labute approximate surface area is 141 Å². The zero-order chi connectivity index (χ0) is 19.0. The molecule has 2 aliphatic rings. The van der Waals surface area contributed by atoms with Gasteiger partial charge in [0.15, 0.2) is 0 Å². The van der Waals surface area contributed by atoms with Crippen LogP contribution in [-0.2, 0) is 9.53 Å². The van der Waals surface area contributed by atoms with Gasteiger partial charge in [-0.2, -0.15) is 26.3 Å². The topological polar surface area (TPSA) is 46.5 Å². The Morgan fingerprint density at radius 2 is 1.64 bits per heavy atom. The lowest BCUT2D eigenvalue weighted by Crippen LogP contribution is -2.56. The van der Waals surface area contributed by atoms with E-state index in [1.807, 2.05) is 0 Å². The Balaban J connectivity index is 1.80. The fourth-order valence-corrected chi connectivity index (χ4v) is 4.24. The molecule has 146 valence electrons. The van der Waals surface area contributed by atoms with Gasteiger partial charge in [-0.3, -0.25) is 4.79 Å². The van der Waals surface area contributed by atoms with Gasteiger partial charge < -0.3 is 9.84 Å². The standard InChI is InChI=1S/C16H22F6O3/c1-2-9-6-11-7-10(9)8-12(11)13(23)25-5-3-4-14(24,15(17,18)19)16(20,21)22/h9-12,24H,2-8H2,1H3/t9-,10?,11?,12?/m1/s1. The summed E-state index contributed by atoms with van der Waals surface area (Å²) in [6, 6.07) is 0. The van der Waals surface area contributed by atoms with E-state index in [1.165, 1.54) is 0 Å². The maximum Gasteiger partial charge on any atom is 0.426 e. The van der Waals surface area contributed by atoms with Gasteiger partial charge in [-0.1, -0.05) is 13.3 Å². The molecule has 2 bridgehead atoms. The summed E-state index contributed by atoms with van der Waals surface area (Å²) in [4.78, 5) is 12.0. The monoisotopic (exact) mass is 376 g/mol. The number of esters is 1. The molecule has 9 heteroatoms. The zero-order valence-electron chi connectivity index (χ0n) is 13.8. The number of carbonyl (C=O) groups is 1. The number of aliphatic hydroxyl groups is 1. The molecule has 2 aliphatic carbocycles. The first-order chi connectivity index (χ1) is 11.4. The molecule has 0 heterocycles. The quantitative estimate of drug-likeness (QED) is 0.429. The van der Waals surface area contributed by atoms with E-state index in [1.54, 1.807) is 0 Å². The first kappa shape index (κ1) is 20.3. The van der Waals surface area contributed by atoms with Crippen LogP contribution in [0.4, 0.5) is 26.3 Å².